The Morgan fingerprint density at radius 1 is 1.17 bits per heavy atom. The van der Waals surface area contributed by atoms with Gasteiger partial charge in [0.15, 0.2) is 5.58 Å². The average molecular weight is 248 g/mol. The lowest BCUT2D eigenvalue weighted by Crippen LogP contribution is -2.38. The molecule has 98 valence electrons. The van der Waals surface area contributed by atoms with E-state index in [1.165, 1.54) is 0 Å². The largest absolute Gasteiger partial charge is 0.355 e. The predicted octanol–water partition coefficient (Wildman–Crippen LogP) is 3.04. The Hall–Kier alpha value is -1.58. The number of nitrogens with zero attached hydrogens (tertiary/aromatic N) is 2. The summed E-state index contributed by atoms with van der Waals surface area (Å²) in [5.41, 5.74) is 1.68. The zero-order valence-electron chi connectivity index (χ0n) is 11.9. The number of fused-ring (bicyclic) bond motifs is 1. The van der Waals surface area contributed by atoms with E-state index in [1.807, 2.05) is 47.6 Å². The lowest BCUT2D eigenvalue weighted by Gasteiger charge is -2.26. The molecule has 0 radical (unpaired) electrons. The molecule has 2 aromatic heterocycles. The Morgan fingerprint density at radius 3 is 2.28 bits per heavy atom. The van der Waals surface area contributed by atoms with Gasteiger partial charge in [-0.25, -0.2) is 0 Å². The molecule has 2 rings (SSSR count). The molecular weight excluding hydrogens is 228 g/mol. The minimum atomic E-state index is -0.303. The Labute approximate surface area is 107 Å². The molecule has 0 fully saturated rings. The van der Waals surface area contributed by atoms with Gasteiger partial charge in [-0.05, 0) is 32.3 Å². The summed E-state index contributed by atoms with van der Waals surface area (Å²) in [6.07, 6.45) is 1.61. The first-order valence-corrected chi connectivity index (χ1v) is 6.14. The lowest BCUT2D eigenvalue weighted by atomic mass is 9.87. The summed E-state index contributed by atoms with van der Waals surface area (Å²) >= 11 is 0. The number of hydrogen-bond donors (Lipinski definition) is 0. The van der Waals surface area contributed by atoms with Gasteiger partial charge in [0.2, 0.25) is 0 Å². The van der Waals surface area contributed by atoms with Crippen LogP contribution in [0.5, 0.6) is 0 Å². The van der Waals surface area contributed by atoms with E-state index in [2.05, 4.69) is 5.16 Å². The van der Waals surface area contributed by atoms with E-state index < -0.39 is 0 Å². The van der Waals surface area contributed by atoms with Crippen LogP contribution >= 0.6 is 0 Å². The molecule has 0 aliphatic rings. The van der Waals surface area contributed by atoms with Crippen LogP contribution in [-0.4, -0.2) is 9.72 Å². The summed E-state index contributed by atoms with van der Waals surface area (Å²) in [6.45, 7) is 12.1. The summed E-state index contributed by atoms with van der Waals surface area (Å²) < 4.78 is 7.00. The quantitative estimate of drug-likeness (QED) is 0.720. The van der Waals surface area contributed by atoms with Gasteiger partial charge in [-0.3, -0.25) is 9.36 Å². The molecule has 0 atom stereocenters. The first-order chi connectivity index (χ1) is 8.12. The summed E-state index contributed by atoms with van der Waals surface area (Å²) in [6, 6.07) is 1.81. The Bertz CT molecular complexity index is 636. The third kappa shape index (κ3) is 1.96. The van der Waals surface area contributed by atoms with E-state index in [-0.39, 0.29) is 16.5 Å². The smallest absolute Gasteiger partial charge is 0.255 e. The molecule has 4 heteroatoms. The molecule has 0 aliphatic carbocycles. The highest BCUT2D eigenvalue weighted by molar-refractivity contribution is 5.73. The maximum atomic E-state index is 12.7. The third-order valence-electron chi connectivity index (χ3n) is 3.01. The van der Waals surface area contributed by atoms with Crippen molar-refractivity contribution in [2.45, 2.75) is 52.5 Å². The maximum Gasteiger partial charge on any atom is 0.255 e. The van der Waals surface area contributed by atoms with E-state index in [9.17, 15) is 4.79 Å². The SMILES string of the molecule is CC(C)(C)c1cc2oncc2n(C(C)(C)C)c1=O. The van der Waals surface area contributed by atoms with Crippen LogP contribution in [0.3, 0.4) is 0 Å². The molecule has 0 saturated heterocycles. The molecule has 0 N–H and O–H groups in total. The highest BCUT2D eigenvalue weighted by Crippen LogP contribution is 2.26. The topological polar surface area (TPSA) is 48.0 Å². The maximum absolute atomic E-state index is 12.7. The van der Waals surface area contributed by atoms with Gasteiger partial charge in [-0.1, -0.05) is 25.9 Å². The van der Waals surface area contributed by atoms with E-state index in [1.54, 1.807) is 10.8 Å². The summed E-state index contributed by atoms with van der Waals surface area (Å²) in [5.74, 6) is 0. The van der Waals surface area contributed by atoms with Gasteiger partial charge in [0.25, 0.3) is 5.56 Å². The molecule has 4 nitrogen and oxygen atoms in total. The standard InChI is InChI=1S/C14H20N2O2/c1-13(2,3)9-7-11-10(8-15-18-11)16(12(9)17)14(4,5)6/h7-8H,1-6H3. The highest BCUT2D eigenvalue weighted by Gasteiger charge is 2.26. The van der Waals surface area contributed by atoms with Crippen LogP contribution in [0.1, 0.15) is 47.1 Å². The summed E-state index contributed by atoms with van der Waals surface area (Å²) in [5, 5.41) is 3.81. The second-order valence-electron chi connectivity index (χ2n) is 6.69. The second kappa shape index (κ2) is 3.70. The first kappa shape index (κ1) is 12.9. The van der Waals surface area contributed by atoms with Crippen molar-refractivity contribution in [2.75, 3.05) is 0 Å². The fourth-order valence-electron chi connectivity index (χ4n) is 2.14. The van der Waals surface area contributed by atoms with Gasteiger partial charge < -0.3 is 4.52 Å². The van der Waals surface area contributed by atoms with Crippen molar-refractivity contribution in [2.24, 2.45) is 0 Å². The van der Waals surface area contributed by atoms with Gasteiger partial charge in [-0.2, -0.15) is 0 Å². The molecule has 0 aromatic carbocycles. The molecule has 2 aromatic rings. The van der Waals surface area contributed by atoms with E-state index in [4.69, 9.17) is 4.52 Å². The Balaban J connectivity index is 2.95. The minimum absolute atomic E-state index is 0.0331. The summed E-state index contributed by atoms with van der Waals surface area (Å²) in [7, 11) is 0. The molecule has 0 unspecified atom stereocenters. The van der Waals surface area contributed by atoms with Gasteiger partial charge in [-0.15, -0.1) is 0 Å². The van der Waals surface area contributed by atoms with E-state index in [0.29, 0.717) is 5.58 Å². The Kier molecular flexibility index (Phi) is 2.65. The van der Waals surface area contributed by atoms with Crippen LogP contribution in [0.4, 0.5) is 0 Å². The van der Waals surface area contributed by atoms with Crippen LogP contribution in [0.2, 0.25) is 0 Å². The van der Waals surface area contributed by atoms with E-state index in [0.717, 1.165) is 11.1 Å². The van der Waals surface area contributed by atoms with Gasteiger partial charge in [0, 0.05) is 11.1 Å². The van der Waals surface area contributed by atoms with Gasteiger partial charge in [0.1, 0.15) is 5.52 Å². The average Bonchev–Trinajstić information content (AvgIpc) is 2.59. The first-order valence-electron chi connectivity index (χ1n) is 6.14. The van der Waals surface area contributed by atoms with Crippen molar-refractivity contribution in [3.8, 4) is 0 Å². The second-order valence-corrected chi connectivity index (χ2v) is 6.69. The van der Waals surface area contributed by atoms with Crippen LogP contribution in [0, 0.1) is 0 Å². The monoisotopic (exact) mass is 248 g/mol. The fourth-order valence-corrected chi connectivity index (χ4v) is 2.14. The van der Waals surface area contributed by atoms with Crippen molar-refractivity contribution in [1.82, 2.24) is 9.72 Å². The van der Waals surface area contributed by atoms with Crippen molar-refractivity contribution >= 4 is 11.1 Å². The highest BCUT2D eigenvalue weighted by atomic mass is 16.5. The van der Waals surface area contributed by atoms with Crippen molar-refractivity contribution in [3.63, 3.8) is 0 Å². The van der Waals surface area contributed by atoms with Crippen LogP contribution < -0.4 is 5.56 Å². The number of pyridine rings is 1. The fraction of sp³-hybridized carbons (Fsp3) is 0.571. The van der Waals surface area contributed by atoms with Gasteiger partial charge >= 0.3 is 0 Å². The third-order valence-corrected chi connectivity index (χ3v) is 3.01. The molecule has 18 heavy (non-hydrogen) atoms. The van der Waals surface area contributed by atoms with Crippen molar-refractivity contribution in [1.29, 1.82) is 0 Å². The number of rotatable bonds is 0. The van der Waals surface area contributed by atoms with E-state index >= 15 is 0 Å². The van der Waals surface area contributed by atoms with Crippen LogP contribution in [0.15, 0.2) is 21.6 Å². The molecule has 0 bridgehead atoms. The normalized spacial score (nSPS) is 13.2. The molecule has 2 heterocycles. The summed E-state index contributed by atoms with van der Waals surface area (Å²) in [4.78, 5) is 12.7. The number of hydrogen-bond acceptors (Lipinski definition) is 3. The minimum Gasteiger partial charge on any atom is -0.355 e. The zero-order chi connectivity index (χ0) is 13.7. The molecule has 0 saturated carbocycles. The predicted molar refractivity (Wildman–Crippen MR) is 72.0 cm³/mol. The van der Waals surface area contributed by atoms with Crippen LogP contribution in [0.25, 0.3) is 11.1 Å². The van der Waals surface area contributed by atoms with Crippen molar-refractivity contribution < 1.29 is 4.52 Å². The molecule has 0 spiro atoms. The number of aromatic nitrogens is 2. The van der Waals surface area contributed by atoms with Gasteiger partial charge in [0.05, 0.1) is 6.20 Å². The molecular formula is C14H20N2O2. The van der Waals surface area contributed by atoms with Crippen molar-refractivity contribution in [3.05, 3.63) is 28.2 Å². The zero-order valence-corrected chi connectivity index (χ0v) is 11.9. The lowest BCUT2D eigenvalue weighted by molar-refractivity contribution is 0.390. The molecule has 0 amide bonds. The van der Waals surface area contributed by atoms with Crippen LogP contribution in [-0.2, 0) is 11.0 Å². The Morgan fingerprint density at radius 2 is 1.78 bits per heavy atom. The molecule has 0 aliphatic heterocycles.